The van der Waals surface area contributed by atoms with Gasteiger partial charge < -0.3 is 0 Å². The van der Waals surface area contributed by atoms with E-state index in [0.717, 1.165) is 0 Å². The fourth-order valence-electron chi connectivity index (χ4n) is 0.401. The molecule has 0 bridgehead atoms. The molecule has 0 aliphatic heterocycles. The molecule has 0 saturated heterocycles. The van der Waals surface area contributed by atoms with Crippen molar-refractivity contribution >= 4 is 5.78 Å². The Balaban J connectivity index is 4.06. The van der Waals surface area contributed by atoms with Gasteiger partial charge in [0.1, 0.15) is 0 Å². The number of hydrogen-bond acceptors (Lipinski definition) is 1. The topological polar surface area (TPSA) is 17.1 Å². The molecule has 0 N–H and O–H groups in total. The molecule has 1 heteroatoms. The van der Waals surface area contributed by atoms with E-state index in [4.69, 9.17) is 0 Å². The average Bonchev–Trinajstić information content (AvgIpc) is 1.64. The lowest BCUT2D eigenvalue weighted by molar-refractivity contribution is -0.121. The lowest BCUT2D eigenvalue weighted by atomic mass is 9.91. The Hall–Kier alpha value is -0.590. The summed E-state index contributed by atoms with van der Waals surface area (Å²) < 4.78 is 0. The summed E-state index contributed by atoms with van der Waals surface area (Å²) in [7, 11) is 0. The summed E-state index contributed by atoms with van der Waals surface area (Å²) in [6, 6.07) is 0. The Morgan fingerprint density at radius 2 is 1.78 bits per heavy atom. The lowest BCUT2D eigenvalue weighted by Crippen LogP contribution is -2.16. The van der Waals surface area contributed by atoms with E-state index in [1.54, 1.807) is 12.2 Å². The normalized spacial score (nSPS) is 12.4. The summed E-state index contributed by atoms with van der Waals surface area (Å²) in [6.45, 7) is 7.59. The van der Waals surface area contributed by atoms with Gasteiger partial charge in [0.15, 0.2) is 5.78 Å². The van der Waals surface area contributed by atoms with E-state index in [0.29, 0.717) is 0 Å². The van der Waals surface area contributed by atoms with Crippen molar-refractivity contribution < 1.29 is 4.79 Å². The maximum absolute atomic E-state index is 11.0. The predicted molar refractivity (Wildman–Crippen MR) is 39.3 cm³/mol. The first-order chi connectivity index (χ1) is 3.98. The third kappa shape index (κ3) is 3.07. The molecule has 0 fully saturated rings. The van der Waals surface area contributed by atoms with E-state index in [-0.39, 0.29) is 11.2 Å². The van der Waals surface area contributed by atoms with Crippen LogP contribution >= 0.6 is 0 Å². The fourth-order valence-corrected chi connectivity index (χ4v) is 0.401. The molecule has 0 aliphatic carbocycles. The monoisotopic (exact) mass is 126 g/mol. The van der Waals surface area contributed by atoms with Gasteiger partial charge in [0.2, 0.25) is 0 Å². The Bertz CT molecular complexity index is 126. The van der Waals surface area contributed by atoms with Crippen LogP contribution in [0.5, 0.6) is 0 Å². The lowest BCUT2D eigenvalue weighted by Gasteiger charge is -2.12. The average molecular weight is 126 g/mol. The summed E-state index contributed by atoms with van der Waals surface area (Å²) >= 11 is 0. The van der Waals surface area contributed by atoms with Crippen molar-refractivity contribution in [2.24, 2.45) is 5.41 Å². The second kappa shape index (κ2) is 2.81. The van der Waals surface area contributed by atoms with E-state index < -0.39 is 0 Å². The molecule has 9 heavy (non-hydrogen) atoms. The smallest absolute Gasteiger partial charge is 0.160 e. The van der Waals surface area contributed by atoms with Gasteiger partial charge in [-0.15, -0.1) is 0 Å². The van der Waals surface area contributed by atoms with E-state index in [9.17, 15) is 4.79 Å². The van der Waals surface area contributed by atoms with Gasteiger partial charge in [-0.2, -0.15) is 0 Å². The van der Waals surface area contributed by atoms with Crippen LogP contribution < -0.4 is 0 Å². The second-order valence-corrected chi connectivity index (χ2v) is 3.11. The molecule has 0 heterocycles. The molecule has 0 aromatic rings. The minimum Gasteiger partial charge on any atom is -0.294 e. The van der Waals surface area contributed by atoms with Crippen molar-refractivity contribution in [1.29, 1.82) is 0 Å². The van der Waals surface area contributed by atoms with Crippen molar-refractivity contribution in [3.63, 3.8) is 0 Å². The first-order valence-electron chi connectivity index (χ1n) is 3.15. The van der Waals surface area contributed by atoms with Gasteiger partial charge in [-0.3, -0.25) is 4.79 Å². The van der Waals surface area contributed by atoms with Gasteiger partial charge in [0, 0.05) is 5.41 Å². The Labute approximate surface area is 56.8 Å². The van der Waals surface area contributed by atoms with Crippen molar-refractivity contribution in [2.75, 3.05) is 0 Å². The third-order valence-corrected chi connectivity index (χ3v) is 1.06. The molecule has 0 saturated carbocycles. The van der Waals surface area contributed by atoms with Crippen molar-refractivity contribution in [2.45, 2.75) is 27.7 Å². The second-order valence-electron chi connectivity index (χ2n) is 3.11. The highest BCUT2D eigenvalue weighted by atomic mass is 16.1. The maximum Gasteiger partial charge on any atom is 0.160 e. The molecule has 52 valence electrons. The van der Waals surface area contributed by atoms with Gasteiger partial charge in [-0.25, -0.2) is 0 Å². The number of carbonyl (C=O) groups is 1. The highest BCUT2D eigenvalue weighted by molar-refractivity contribution is 5.93. The van der Waals surface area contributed by atoms with Gasteiger partial charge in [0.25, 0.3) is 0 Å². The van der Waals surface area contributed by atoms with E-state index in [1.807, 2.05) is 27.7 Å². The van der Waals surface area contributed by atoms with E-state index in [1.165, 1.54) is 0 Å². The molecular formula is C8H14O. The molecule has 0 atom stereocenters. The van der Waals surface area contributed by atoms with Crippen LogP contribution in [0, 0.1) is 5.41 Å². The van der Waals surface area contributed by atoms with Crippen LogP contribution in [0.2, 0.25) is 0 Å². The number of rotatable bonds is 1. The Morgan fingerprint density at radius 3 is 1.89 bits per heavy atom. The molecule has 0 unspecified atom stereocenters. The minimum atomic E-state index is -0.216. The van der Waals surface area contributed by atoms with Crippen LogP contribution in [-0.4, -0.2) is 5.78 Å². The minimum absolute atomic E-state index is 0.185. The summed E-state index contributed by atoms with van der Waals surface area (Å²) in [6.07, 6.45) is 3.38. The summed E-state index contributed by atoms with van der Waals surface area (Å²) in [5, 5.41) is 0. The molecule has 0 aromatic carbocycles. The quantitative estimate of drug-likeness (QED) is 0.492. The van der Waals surface area contributed by atoms with E-state index >= 15 is 0 Å². The molecule has 1 nitrogen and oxygen atoms in total. The van der Waals surface area contributed by atoms with Gasteiger partial charge in [-0.05, 0) is 13.0 Å². The molecule has 0 aliphatic rings. The first kappa shape index (κ1) is 8.41. The van der Waals surface area contributed by atoms with Crippen LogP contribution in [0.3, 0.4) is 0 Å². The largest absolute Gasteiger partial charge is 0.294 e. The van der Waals surface area contributed by atoms with Crippen molar-refractivity contribution in [3.05, 3.63) is 12.2 Å². The highest BCUT2D eigenvalue weighted by Crippen LogP contribution is 2.14. The Morgan fingerprint density at radius 1 is 1.33 bits per heavy atom. The first-order valence-corrected chi connectivity index (χ1v) is 3.15. The van der Waals surface area contributed by atoms with Crippen molar-refractivity contribution in [3.8, 4) is 0 Å². The zero-order chi connectivity index (χ0) is 7.49. The molecule has 0 amide bonds. The summed E-state index contributed by atoms with van der Waals surface area (Å²) in [5.41, 5.74) is -0.216. The molecule has 0 aromatic heterocycles. The predicted octanol–water partition coefficient (Wildman–Crippen LogP) is 2.18. The fraction of sp³-hybridized carbons (Fsp3) is 0.625. The van der Waals surface area contributed by atoms with Crippen LogP contribution in [0.15, 0.2) is 12.2 Å². The number of hydrogen-bond donors (Lipinski definition) is 0. The van der Waals surface area contributed by atoms with Crippen LogP contribution in [0.25, 0.3) is 0 Å². The summed E-state index contributed by atoms with van der Waals surface area (Å²) in [4.78, 5) is 11.0. The number of allylic oxidation sites excluding steroid dienone is 2. The highest BCUT2D eigenvalue weighted by Gasteiger charge is 2.17. The van der Waals surface area contributed by atoms with Gasteiger partial charge in [0.05, 0.1) is 0 Å². The van der Waals surface area contributed by atoms with Gasteiger partial charge in [-0.1, -0.05) is 26.8 Å². The molecule has 0 rings (SSSR count). The van der Waals surface area contributed by atoms with Crippen LogP contribution in [0.1, 0.15) is 27.7 Å². The molecule has 0 spiro atoms. The van der Waals surface area contributed by atoms with Gasteiger partial charge >= 0.3 is 0 Å². The van der Waals surface area contributed by atoms with Crippen LogP contribution in [0.4, 0.5) is 0 Å². The maximum atomic E-state index is 11.0. The number of ketones is 1. The van der Waals surface area contributed by atoms with E-state index in [2.05, 4.69) is 0 Å². The zero-order valence-corrected chi connectivity index (χ0v) is 6.56. The molecule has 0 radical (unpaired) electrons. The summed E-state index contributed by atoms with van der Waals surface area (Å²) in [5.74, 6) is 0.185. The van der Waals surface area contributed by atoms with Crippen LogP contribution in [-0.2, 0) is 4.79 Å². The molecular weight excluding hydrogens is 112 g/mol. The van der Waals surface area contributed by atoms with Crippen molar-refractivity contribution in [1.82, 2.24) is 0 Å². The Kier molecular flexibility index (Phi) is 2.63. The zero-order valence-electron chi connectivity index (χ0n) is 6.56. The standard InChI is InChI=1S/C8H14O/c1-5-6-7(9)8(2,3)4/h5-6H,1-4H3/b6-5+. The third-order valence-electron chi connectivity index (χ3n) is 1.06. The SMILES string of the molecule is C/C=C/C(=O)C(C)(C)C. The number of carbonyl (C=O) groups excluding carboxylic acids is 1.